The van der Waals surface area contributed by atoms with E-state index in [1.54, 1.807) is 7.11 Å². The molecule has 23 heavy (non-hydrogen) atoms. The van der Waals surface area contributed by atoms with Crippen LogP contribution in [0.3, 0.4) is 0 Å². The van der Waals surface area contributed by atoms with Crippen LogP contribution in [0.15, 0.2) is 54.1 Å². The van der Waals surface area contributed by atoms with E-state index in [1.807, 2.05) is 23.1 Å². The van der Waals surface area contributed by atoms with Gasteiger partial charge in [0.1, 0.15) is 5.75 Å². The van der Waals surface area contributed by atoms with E-state index < -0.39 is 0 Å². The summed E-state index contributed by atoms with van der Waals surface area (Å²) in [4.78, 5) is 14.3. The number of nitrogens with zero attached hydrogens (tertiary/aromatic N) is 1. The Labute approximate surface area is 136 Å². The quantitative estimate of drug-likeness (QED) is 0.863. The first-order valence-corrected chi connectivity index (χ1v) is 8.00. The zero-order valence-corrected chi connectivity index (χ0v) is 13.2. The highest BCUT2D eigenvalue weighted by Gasteiger charge is 2.33. The first-order chi connectivity index (χ1) is 11.3. The van der Waals surface area contributed by atoms with E-state index in [1.165, 1.54) is 22.3 Å². The van der Waals surface area contributed by atoms with Crippen molar-refractivity contribution in [1.29, 1.82) is 0 Å². The molecule has 3 heteroatoms. The summed E-state index contributed by atoms with van der Waals surface area (Å²) in [5.74, 6) is 1.12. The van der Waals surface area contributed by atoms with Crippen LogP contribution in [0.2, 0.25) is 0 Å². The summed E-state index contributed by atoms with van der Waals surface area (Å²) >= 11 is 0. The average molecular weight is 305 g/mol. The van der Waals surface area contributed by atoms with Gasteiger partial charge in [-0.25, -0.2) is 0 Å². The number of benzene rings is 2. The highest BCUT2D eigenvalue weighted by molar-refractivity contribution is 5.93. The minimum atomic E-state index is 0.241. The second-order valence-corrected chi connectivity index (χ2v) is 6.12. The van der Waals surface area contributed by atoms with Crippen molar-refractivity contribution in [2.45, 2.75) is 25.8 Å². The van der Waals surface area contributed by atoms with Gasteiger partial charge in [0.25, 0.3) is 0 Å². The van der Waals surface area contributed by atoms with Crippen LogP contribution in [0, 0.1) is 0 Å². The lowest BCUT2D eigenvalue weighted by atomic mass is 9.93. The molecule has 0 fully saturated rings. The molecule has 0 aromatic heterocycles. The van der Waals surface area contributed by atoms with Crippen molar-refractivity contribution in [3.63, 3.8) is 0 Å². The predicted molar refractivity (Wildman–Crippen MR) is 89.8 cm³/mol. The Kier molecular flexibility index (Phi) is 3.41. The van der Waals surface area contributed by atoms with Crippen molar-refractivity contribution in [2.24, 2.45) is 0 Å². The zero-order valence-electron chi connectivity index (χ0n) is 13.2. The van der Waals surface area contributed by atoms with Gasteiger partial charge in [-0.15, -0.1) is 0 Å². The summed E-state index contributed by atoms with van der Waals surface area (Å²) in [5.41, 5.74) is 6.19. The van der Waals surface area contributed by atoms with Gasteiger partial charge in [0.2, 0.25) is 5.91 Å². The van der Waals surface area contributed by atoms with Crippen LogP contribution in [-0.2, 0) is 17.8 Å². The molecule has 2 aliphatic heterocycles. The maximum atomic E-state index is 12.3. The van der Waals surface area contributed by atoms with Crippen molar-refractivity contribution in [3.8, 4) is 5.75 Å². The van der Waals surface area contributed by atoms with Gasteiger partial charge in [-0.3, -0.25) is 4.79 Å². The second-order valence-electron chi connectivity index (χ2n) is 6.12. The molecule has 3 nitrogen and oxygen atoms in total. The molecule has 2 aliphatic rings. The molecular weight excluding hydrogens is 286 g/mol. The van der Waals surface area contributed by atoms with Crippen LogP contribution in [-0.4, -0.2) is 17.9 Å². The van der Waals surface area contributed by atoms with Gasteiger partial charge in [0.15, 0.2) is 0 Å². The normalized spacial score (nSPS) is 16.4. The van der Waals surface area contributed by atoms with Crippen LogP contribution in [0.1, 0.15) is 29.5 Å². The molecule has 2 aromatic carbocycles. The largest absolute Gasteiger partial charge is 0.497 e. The van der Waals surface area contributed by atoms with Gasteiger partial charge < -0.3 is 9.64 Å². The van der Waals surface area contributed by atoms with Crippen LogP contribution in [0.5, 0.6) is 5.75 Å². The number of allylic oxidation sites excluding steroid dienone is 1. The number of ether oxygens (including phenoxy) is 1. The second kappa shape index (κ2) is 5.58. The number of hydrogen-bond acceptors (Lipinski definition) is 2. The summed E-state index contributed by atoms with van der Waals surface area (Å²) < 4.78 is 5.32. The predicted octanol–water partition coefficient (Wildman–Crippen LogP) is 3.79. The van der Waals surface area contributed by atoms with Crippen molar-refractivity contribution >= 4 is 11.6 Å². The van der Waals surface area contributed by atoms with Gasteiger partial charge in [-0.2, -0.15) is 0 Å². The molecule has 4 rings (SSSR count). The summed E-state index contributed by atoms with van der Waals surface area (Å²) in [6.45, 7) is 0.714. The molecule has 1 amide bonds. The topological polar surface area (TPSA) is 29.5 Å². The molecular formula is C20H19NO2. The van der Waals surface area contributed by atoms with E-state index in [9.17, 15) is 4.79 Å². The lowest BCUT2D eigenvalue weighted by Gasteiger charge is -2.27. The Balaban J connectivity index is 1.76. The maximum absolute atomic E-state index is 12.3. The lowest BCUT2D eigenvalue weighted by molar-refractivity contribution is -0.128. The highest BCUT2D eigenvalue weighted by atomic mass is 16.5. The van der Waals surface area contributed by atoms with Crippen LogP contribution in [0.4, 0.5) is 0 Å². The average Bonchev–Trinajstić information content (AvgIpc) is 2.98. The van der Waals surface area contributed by atoms with Crippen molar-refractivity contribution in [2.75, 3.05) is 7.11 Å². The summed E-state index contributed by atoms with van der Waals surface area (Å²) in [7, 11) is 1.69. The van der Waals surface area contributed by atoms with Crippen molar-refractivity contribution in [1.82, 2.24) is 4.90 Å². The van der Waals surface area contributed by atoms with Gasteiger partial charge in [0, 0.05) is 12.0 Å². The molecule has 0 bridgehead atoms. The van der Waals surface area contributed by atoms with Gasteiger partial charge >= 0.3 is 0 Å². The fourth-order valence-electron chi connectivity index (χ4n) is 3.59. The number of rotatable bonds is 3. The molecule has 0 N–H and O–H groups in total. The molecule has 0 atom stereocenters. The van der Waals surface area contributed by atoms with E-state index in [-0.39, 0.29) is 5.91 Å². The third kappa shape index (κ3) is 2.42. The Hall–Kier alpha value is -2.55. The number of carbonyl (C=O) groups excluding carboxylic acids is 1. The molecule has 2 heterocycles. The number of methoxy groups -OCH3 is 1. The molecule has 0 radical (unpaired) electrons. The van der Waals surface area contributed by atoms with E-state index in [0.29, 0.717) is 13.0 Å². The first-order valence-electron chi connectivity index (χ1n) is 8.00. The standard InChI is InChI=1S/C20H19NO2/c1-23-17-7-4-5-14(12-17)11-15-9-10-19(22)21-13-16-6-2-3-8-18(16)20(15)21/h2-8,12H,9-11,13H2,1H3. The number of carbonyl (C=O) groups is 1. The molecule has 116 valence electrons. The van der Waals surface area contributed by atoms with E-state index in [2.05, 4.69) is 30.3 Å². The molecule has 0 aliphatic carbocycles. The Bertz CT molecular complexity index is 807. The Morgan fingerprint density at radius 3 is 2.83 bits per heavy atom. The van der Waals surface area contributed by atoms with E-state index in [0.717, 1.165) is 24.3 Å². The van der Waals surface area contributed by atoms with E-state index >= 15 is 0 Å². The first kappa shape index (κ1) is 14.1. The van der Waals surface area contributed by atoms with Gasteiger partial charge in [0.05, 0.1) is 19.4 Å². The summed E-state index contributed by atoms with van der Waals surface area (Å²) in [6.07, 6.45) is 2.32. The zero-order chi connectivity index (χ0) is 15.8. The van der Waals surface area contributed by atoms with E-state index in [4.69, 9.17) is 4.74 Å². The van der Waals surface area contributed by atoms with Gasteiger partial charge in [-0.05, 0) is 41.7 Å². The summed E-state index contributed by atoms with van der Waals surface area (Å²) in [6, 6.07) is 16.5. The lowest BCUT2D eigenvalue weighted by Crippen LogP contribution is -2.29. The molecule has 0 saturated heterocycles. The maximum Gasteiger partial charge on any atom is 0.227 e. The third-order valence-corrected chi connectivity index (χ3v) is 4.70. The monoisotopic (exact) mass is 305 g/mol. The number of fused-ring (bicyclic) bond motifs is 3. The van der Waals surface area contributed by atoms with Crippen LogP contribution in [0.25, 0.3) is 5.70 Å². The fourth-order valence-corrected chi connectivity index (χ4v) is 3.59. The fraction of sp³-hybridized carbons (Fsp3) is 0.250. The third-order valence-electron chi connectivity index (χ3n) is 4.70. The Morgan fingerprint density at radius 1 is 1.09 bits per heavy atom. The minimum Gasteiger partial charge on any atom is -0.497 e. The number of hydrogen-bond donors (Lipinski definition) is 0. The SMILES string of the molecule is COc1cccc(CC2=C3c4ccccc4CN3C(=O)CC2)c1. The molecule has 0 spiro atoms. The molecule has 0 saturated carbocycles. The number of amides is 1. The van der Waals surface area contributed by atoms with Crippen molar-refractivity contribution in [3.05, 3.63) is 70.8 Å². The van der Waals surface area contributed by atoms with Crippen LogP contribution >= 0.6 is 0 Å². The van der Waals surface area contributed by atoms with Crippen LogP contribution < -0.4 is 4.74 Å². The molecule has 2 aromatic rings. The van der Waals surface area contributed by atoms with Crippen molar-refractivity contribution < 1.29 is 9.53 Å². The van der Waals surface area contributed by atoms with Gasteiger partial charge in [-0.1, -0.05) is 36.4 Å². The summed E-state index contributed by atoms with van der Waals surface area (Å²) in [5, 5.41) is 0. The minimum absolute atomic E-state index is 0.241. The highest BCUT2D eigenvalue weighted by Crippen LogP contribution is 2.40. The smallest absolute Gasteiger partial charge is 0.227 e. The Morgan fingerprint density at radius 2 is 1.96 bits per heavy atom. The molecule has 0 unspecified atom stereocenters.